The minimum absolute atomic E-state index is 0.121. The Morgan fingerprint density at radius 2 is 1.69 bits per heavy atom. The van der Waals surface area contributed by atoms with Gasteiger partial charge in [-0.25, -0.2) is 4.98 Å². The molecule has 26 heavy (non-hydrogen) atoms. The van der Waals surface area contributed by atoms with Crippen LogP contribution in [-0.4, -0.2) is 21.7 Å². The Morgan fingerprint density at radius 3 is 2.38 bits per heavy atom. The predicted molar refractivity (Wildman–Crippen MR) is 95.9 cm³/mol. The van der Waals surface area contributed by atoms with Crippen molar-refractivity contribution in [2.75, 3.05) is 0 Å². The molecule has 3 aromatic rings. The second-order valence-corrected chi connectivity index (χ2v) is 6.67. The summed E-state index contributed by atoms with van der Waals surface area (Å²) in [4.78, 5) is 31.2. The fourth-order valence-corrected chi connectivity index (χ4v) is 3.33. The Morgan fingerprint density at radius 1 is 1.04 bits per heavy atom. The molecule has 5 nitrogen and oxygen atoms in total. The molecule has 5 heteroatoms. The third kappa shape index (κ3) is 2.71. The molecule has 0 unspecified atom stereocenters. The molecule has 1 aromatic heterocycles. The molecule has 4 rings (SSSR count). The highest BCUT2D eigenvalue weighted by Crippen LogP contribution is 2.36. The van der Waals surface area contributed by atoms with E-state index in [2.05, 4.69) is 4.98 Å². The highest BCUT2D eigenvalue weighted by molar-refractivity contribution is 6.08. The number of benzene rings is 2. The molecule has 1 fully saturated rings. The number of likely N-dealkylation sites (tertiary alicyclic amines) is 1. The van der Waals surface area contributed by atoms with E-state index in [0.717, 1.165) is 11.1 Å². The lowest BCUT2D eigenvalue weighted by Gasteiger charge is -2.22. The van der Waals surface area contributed by atoms with E-state index in [9.17, 15) is 9.59 Å². The summed E-state index contributed by atoms with van der Waals surface area (Å²) in [5.41, 5.74) is 1.44. The maximum Gasteiger partial charge on any atom is 0.240 e. The molecule has 0 spiro atoms. The molecular weight excluding hydrogens is 328 g/mol. The summed E-state index contributed by atoms with van der Waals surface area (Å²) in [5, 5.41) is 0. The van der Waals surface area contributed by atoms with Crippen LogP contribution in [0, 0.1) is 0 Å². The Kier molecular flexibility index (Phi) is 3.92. The van der Waals surface area contributed by atoms with E-state index in [1.165, 1.54) is 11.2 Å². The lowest BCUT2D eigenvalue weighted by Crippen LogP contribution is -2.36. The highest BCUT2D eigenvalue weighted by Gasteiger charge is 2.49. The minimum Gasteiger partial charge on any atom is -0.444 e. The third-order valence-corrected chi connectivity index (χ3v) is 4.83. The molecule has 0 radical (unpaired) electrons. The van der Waals surface area contributed by atoms with E-state index >= 15 is 0 Å². The number of hydrogen-bond donors (Lipinski definition) is 0. The second-order valence-electron chi connectivity index (χ2n) is 6.67. The fraction of sp³-hybridized carbons (Fsp3) is 0.190. The van der Waals surface area contributed by atoms with E-state index in [-0.39, 0.29) is 24.8 Å². The van der Waals surface area contributed by atoms with Crippen molar-refractivity contribution in [2.24, 2.45) is 0 Å². The Labute approximate surface area is 151 Å². The first-order valence-corrected chi connectivity index (χ1v) is 8.48. The van der Waals surface area contributed by atoms with Crippen molar-refractivity contribution in [1.29, 1.82) is 0 Å². The molecule has 0 N–H and O–H groups in total. The van der Waals surface area contributed by atoms with E-state index in [4.69, 9.17) is 4.42 Å². The van der Waals surface area contributed by atoms with Crippen LogP contribution in [0.25, 0.3) is 11.5 Å². The van der Waals surface area contributed by atoms with Crippen molar-refractivity contribution < 1.29 is 14.0 Å². The highest BCUT2D eigenvalue weighted by atomic mass is 16.3. The van der Waals surface area contributed by atoms with Gasteiger partial charge in [-0.2, -0.15) is 0 Å². The van der Waals surface area contributed by atoms with Gasteiger partial charge in [-0.05, 0) is 24.6 Å². The van der Waals surface area contributed by atoms with E-state index < -0.39 is 5.41 Å². The summed E-state index contributed by atoms with van der Waals surface area (Å²) in [5.74, 6) is 0.0918. The van der Waals surface area contributed by atoms with E-state index in [0.29, 0.717) is 11.6 Å². The quantitative estimate of drug-likeness (QED) is 0.678. The zero-order valence-corrected chi connectivity index (χ0v) is 14.4. The monoisotopic (exact) mass is 346 g/mol. The van der Waals surface area contributed by atoms with Gasteiger partial charge in [-0.15, -0.1) is 0 Å². The summed E-state index contributed by atoms with van der Waals surface area (Å²) in [6.45, 7) is 1.94. The third-order valence-electron chi connectivity index (χ3n) is 4.83. The maximum atomic E-state index is 13.0. The zero-order chi connectivity index (χ0) is 18.1. The Balaban J connectivity index is 1.57. The second kappa shape index (κ2) is 6.26. The van der Waals surface area contributed by atoms with Crippen molar-refractivity contribution in [1.82, 2.24) is 9.88 Å². The van der Waals surface area contributed by atoms with Crippen LogP contribution in [0.2, 0.25) is 0 Å². The number of imide groups is 1. The van der Waals surface area contributed by atoms with Gasteiger partial charge in [0.1, 0.15) is 6.26 Å². The number of amides is 2. The van der Waals surface area contributed by atoms with Crippen LogP contribution in [-0.2, 0) is 21.5 Å². The summed E-state index contributed by atoms with van der Waals surface area (Å²) in [6.07, 6.45) is 1.67. The van der Waals surface area contributed by atoms with Gasteiger partial charge in [0.25, 0.3) is 0 Å². The zero-order valence-electron chi connectivity index (χ0n) is 14.4. The Hall–Kier alpha value is -3.21. The van der Waals surface area contributed by atoms with Gasteiger partial charge in [-0.3, -0.25) is 14.5 Å². The smallest absolute Gasteiger partial charge is 0.240 e. The van der Waals surface area contributed by atoms with Crippen LogP contribution < -0.4 is 0 Å². The predicted octanol–water partition coefficient (Wildman–Crippen LogP) is 3.56. The van der Waals surface area contributed by atoms with Gasteiger partial charge < -0.3 is 4.42 Å². The van der Waals surface area contributed by atoms with Crippen LogP contribution in [0.15, 0.2) is 71.3 Å². The largest absolute Gasteiger partial charge is 0.444 e. The van der Waals surface area contributed by atoms with Crippen LogP contribution in [0.1, 0.15) is 24.6 Å². The number of oxazole rings is 1. The topological polar surface area (TPSA) is 63.4 Å². The number of rotatable bonds is 4. The molecular formula is C21H18N2O3. The van der Waals surface area contributed by atoms with E-state index in [1.807, 2.05) is 67.6 Å². The molecule has 2 amide bonds. The van der Waals surface area contributed by atoms with Gasteiger partial charge >= 0.3 is 0 Å². The molecule has 0 bridgehead atoms. The average Bonchev–Trinajstić information content (AvgIpc) is 3.23. The SMILES string of the molecule is C[C@@]1(c2ccccc2)CC(=O)N(Cc2coc(-c3ccccc3)n2)C1=O. The molecule has 1 atom stereocenters. The fourth-order valence-electron chi connectivity index (χ4n) is 3.33. The maximum absolute atomic E-state index is 13.0. The number of aromatic nitrogens is 1. The standard InChI is InChI=1S/C21H18N2O3/c1-21(16-10-6-3-7-11-16)12-18(24)23(20(21)25)13-17-14-26-19(22-17)15-8-4-2-5-9-15/h2-11,14H,12-13H2,1H3/t21-/m0/s1. The van der Waals surface area contributed by atoms with Gasteiger partial charge in [0, 0.05) is 12.0 Å². The van der Waals surface area contributed by atoms with Crippen LogP contribution in [0.4, 0.5) is 0 Å². The van der Waals surface area contributed by atoms with Gasteiger partial charge in [0.15, 0.2) is 0 Å². The summed E-state index contributed by atoms with van der Waals surface area (Å²) >= 11 is 0. The molecule has 1 saturated heterocycles. The summed E-state index contributed by atoms with van der Waals surface area (Å²) in [6, 6.07) is 18.9. The van der Waals surface area contributed by atoms with Crippen molar-refractivity contribution in [3.63, 3.8) is 0 Å². The van der Waals surface area contributed by atoms with Crippen LogP contribution >= 0.6 is 0 Å². The molecule has 1 aliphatic rings. The number of carbonyl (C=O) groups excluding carboxylic acids is 2. The number of hydrogen-bond acceptors (Lipinski definition) is 4. The first-order valence-electron chi connectivity index (χ1n) is 8.48. The lowest BCUT2D eigenvalue weighted by atomic mass is 9.81. The van der Waals surface area contributed by atoms with Gasteiger partial charge in [0.05, 0.1) is 17.7 Å². The number of carbonyl (C=O) groups is 2. The van der Waals surface area contributed by atoms with Gasteiger partial charge in [0.2, 0.25) is 17.7 Å². The molecule has 2 heterocycles. The molecule has 0 saturated carbocycles. The van der Waals surface area contributed by atoms with Crippen molar-refractivity contribution >= 4 is 11.8 Å². The van der Waals surface area contributed by atoms with Crippen molar-refractivity contribution in [3.05, 3.63) is 78.2 Å². The first kappa shape index (κ1) is 16.3. The normalized spacial score (nSPS) is 20.0. The molecule has 1 aliphatic heterocycles. The molecule has 2 aromatic carbocycles. The number of nitrogens with zero attached hydrogens (tertiary/aromatic N) is 2. The average molecular weight is 346 g/mol. The van der Waals surface area contributed by atoms with Crippen molar-refractivity contribution in [2.45, 2.75) is 25.3 Å². The van der Waals surface area contributed by atoms with Crippen molar-refractivity contribution in [3.8, 4) is 11.5 Å². The van der Waals surface area contributed by atoms with Crippen LogP contribution in [0.3, 0.4) is 0 Å². The Bertz CT molecular complexity index is 950. The van der Waals surface area contributed by atoms with Gasteiger partial charge in [-0.1, -0.05) is 48.5 Å². The summed E-state index contributed by atoms with van der Waals surface area (Å²) in [7, 11) is 0. The molecule has 130 valence electrons. The first-order chi connectivity index (χ1) is 12.6. The minimum atomic E-state index is -0.829. The lowest BCUT2D eigenvalue weighted by molar-refractivity contribution is -0.140. The molecule has 0 aliphatic carbocycles. The van der Waals surface area contributed by atoms with Crippen LogP contribution in [0.5, 0.6) is 0 Å². The van der Waals surface area contributed by atoms with E-state index in [1.54, 1.807) is 0 Å². The summed E-state index contributed by atoms with van der Waals surface area (Å²) < 4.78 is 5.51.